The summed E-state index contributed by atoms with van der Waals surface area (Å²) < 4.78 is 5.63. The number of rotatable bonds is 4. The van der Waals surface area contributed by atoms with Crippen molar-refractivity contribution >= 4 is 11.7 Å². The molecule has 2 aromatic carbocycles. The van der Waals surface area contributed by atoms with Crippen LogP contribution in [0.3, 0.4) is 0 Å². The van der Waals surface area contributed by atoms with Gasteiger partial charge in [-0.15, -0.1) is 0 Å². The molecule has 0 heterocycles. The van der Waals surface area contributed by atoms with Crippen molar-refractivity contribution in [2.75, 3.05) is 0 Å². The summed E-state index contributed by atoms with van der Waals surface area (Å²) in [5.41, 5.74) is 6.08. The highest BCUT2D eigenvalue weighted by atomic mass is 16.5. The third-order valence-corrected chi connectivity index (χ3v) is 2.63. The summed E-state index contributed by atoms with van der Waals surface area (Å²) in [4.78, 5) is 22.4. The van der Waals surface area contributed by atoms with Gasteiger partial charge in [0.2, 0.25) is 5.91 Å². The van der Waals surface area contributed by atoms with Crippen molar-refractivity contribution in [3.8, 4) is 11.5 Å². The van der Waals surface area contributed by atoms with E-state index in [0.717, 1.165) is 0 Å². The van der Waals surface area contributed by atoms with Gasteiger partial charge in [0.1, 0.15) is 11.5 Å². The first-order chi connectivity index (χ1) is 9.08. The quantitative estimate of drug-likeness (QED) is 0.854. The summed E-state index contributed by atoms with van der Waals surface area (Å²) in [7, 11) is 0. The molecule has 2 aromatic rings. The van der Waals surface area contributed by atoms with Crippen LogP contribution in [0, 0.1) is 0 Å². The van der Waals surface area contributed by atoms with E-state index in [2.05, 4.69) is 0 Å². The lowest BCUT2D eigenvalue weighted by Gasteiger charge is -2.09. The van der Waals surface area contributed by atoms with Crippen molar-refractivity contribution < 1.29 is 14.3 Å². The molecule has 96 valence electrons. The van der Waals surface area contributed by atoms with Crippen molar-refractivity contribution in [3.05, 3.63) is 59.7 Å². The third kappa shape index (κ3) is 2.98. The van der Waals surface area contributed by atoms with Gasteiger partial charge >= 0.3 is 0 Å². The molecule has 0 aliphatic rings. The summed E-state index contributed by atoms with van der Waals surface area (Å²) >= 11 is 0. The summed E-state index contributed by atoms with van der Waals surface area (Å²) in [6.45, 7) is 1.48. The minimum Gasteiger partial charge on any atom is -0.457 e. The van der Waals surface area contributed by atoms with E-state index in [0.29, 0.717) is 22.6 Å². The monoisotopic (exact) mass is 255 g/mol. The molecule has 0 saturated heterocycles. The van der Waals surface area contributed by atoms with Gasteiger partial charge in [-0.25, -0.2) is 0 Å². The fourth-order valence-corrected chi connectivity index (χ4v) is 1.66. The Balaban J connectivity index is 2.26. The number of benzene rings is 2. The molecule has 0 spiro atoms. The Labute approximate surface area is 110 Å². The molecule has 1 amide bonds. The van der Waals surface area contributed by atoms with Gasteiger partial charge in [-0.3, -0.25) is 9.59 Å². The average molecular weight is 255 g/mol. The summed E-state index contributed by atoms with van der Waals surface area (Å²) in [5.74, 6) is 0.473. The van der Waals surface area contributed by atoms with Crippen molar-refractivity contribution in [1.29, 1.82) is 0 Å². The predicted octanol–water partition coefficient (Wildman–Crippen LogP) is 2.78. The number of amides is 1. The second-order valence-corrected chi connectivity index (χ2v) is 4.04. The maximum absolute atomic E-state index is 11.5. The number of nitrogens with two attached hydrogens (primary N) is 1. The van der Waals surface area contributed by atoms with Crippen LogP contribution in [-0.2, 0) is 0 Å². The first-order valence-corrected chi connectivity index (χ1v) is 5.75. The molecule has 0 aliphatic heterocycles. The molecule has 0 unspecified atom stereocenters. The first kappa shape index (κ1) is 12.8. The van der Waals surface area contributed by atoms with Gasteiger partial charge in [-0.1, -0.05) is 12.1 Å². The number of primary amides is 1. The lowest BCUT2D eigenvalue weighted by atomic mass is 10.1. The maximum Gasteiger partial charge on any atom is 0.248 e. The van der Waals surface area contributed by atoms with Crippen molar-refractivity contribution in [2.45, 2.75) is 6.92 Å². The van der Waals surface area contributed by atoms with Crippen LogP contribution >= 0.6 is 0 Å². The average Bonchev–Trinajstić information content (AvgIpc) is 2.39. The van der Waals surface area contributed by atoms with Gasteiger partial charge in [-0.2, -0.15) is 0 Å². The van der Waals surface area contributed by atoms with Gasteiger partial charge in [0.25, 0.3) is 0 Å². The molecule has 0 saturated carbocycles. The normalized spacial score (nSPS) is 9.95. The number of ketones is 1. The van der Waals surface area contributed by atoms with Crippen molar-refractivity contribution in [1.82, 2.24) is 0 Å². The van der Waals surface area contributed by atoms with Gasteiger partial charge in [0.05, 0.1) is 5.56 Å². The standard InChI is InChI=1S/C15H13NO3/c1-10(17)13-4-2-3-5-14(13)19-12-8-6-11(7-9-12)15(16)18/h2-9H,1H3,(H2,16,18). The smallest absolute Gasteiger partial charge is 0.248 e. The van der Waals surface area contributed by atoms with Crippen LogP contribution in [0.2, 0.25) is 0 Å². The van der Waals surface area contributed by atoms with Crippen LogP contribution in [0.25, 0.3) is 0 Å². The zero-order chi connectivity index (χ0) is 13.8. The molecule has 4 heteroatoms. The summed E-state index contributed by atoms with van der Waals surface area (Å²) in [6, 6.07) is 13.4. The predicted molar refractivity (Wildman–Crippen MR) is 71.5 cm³/mol. The van der Waals surface area contributed by atoms with Gasteiger partial charge in [0, 0.05) is 5.56 Å². The Morgan fingerprint density at radius 3 is 2.21 bits per heavy atom. The number of hydrogen-bond acceptors (Lipinski definition) is 3. The fraction of sp³-hybridized carbons (Fsp3) is 0.0667. The fourth-order valence-electron chi connectivity index (χ4n) is 1.66. The van der Waals surface area contributed by atoms with Crippen molar-refractivity contribution in [3.63, 3.8) is 0 Å². The molecule has 19 heavy (non-hydrogen) atoms. The Hall–Kier alpha value is -2.62. The third-order valence-electron chi connectivity index (χ3n) is 2.63. The van der Waals surface area contributed by atoms with E-state index in [4.69, 9.17) is 10.5 Å². The SMILES string of the molecule is CC(=O)c1ccccc1Oc1ccc(C(N)=O)cc1. The van der Waals surface area contributed by atoms with Gasteiger partial charge < -0.3 is 10.5 Å². The number of Topliss-reactive ketones (excluding diaryl/α,β-unsaturated/α-hetero) is 1. The molecule has 0 aromatic heterocycles. The molecule has 2 N–H and O–H groups in total. The number of hydrogen-bond donors (Lipinski definition) is 1. The van der Waals surface area contributed by atoms with E-state index in [9.17, 15) is 9.59 Å². The number of para-hydroxylation sites is 1. The molecule has 0 aliphatic carbocycles. The Morgan fingerprint density at radius 2 is 1.63 bits per heavy atom. The topological polar surface area (TPSA) is 69.4 Å². The Morgan fingerprint density at radius 1 is 1.00 bits per heavy atom. The van der Waals surface area contributed by atoms with E-state index >= 15 is 0 Å². The van der Waals surface area contributed by atoms with Crippen LogP contribution < -0.4 is 10.5 Å². The highest BCUT2D eigenvalue weighted by Crippen LogP contribution is 2.25. The van der Waals surface area contributed by atoms with E-state index in [1.54, 1.807) is 48.5 Å². The van der Waals surface area contributed by atoms with E-state index in [1.807, 2.05) is 0 Å². The van der Waals surface area contributed by atoms with Gasteiger partial charge in [-0.05, 0) is 43.3 Å². The maximum atomic E-state index is 11.5. The molecular formula is C15H13NO3. The second-order valence-electron chi connectivity index (χ2n) is 4.04. The number of carbonyl (C=O) groups is 2. The lowest BCUT2D eigenvalue weighted by molar-refractivity contribution is 0.0996. The lowest BCUT2D eigenvalue weighted by Crippen LogP contribution is -2.10. The van der Waals surface area contributed by atoms with Gasteiger partial charge in [0.15, 0.2) is 5.78 Å². The number of carbonyl (C=O) groups excluding carboxylic acids is 2. The van der Waals surface area contributed by atoms with Crippen LogP contribution in [0.4, 0.5) is 0 Å². The van der Waals surface area contributed by atoms with Crippen LogP contribution in [0.15, 0.2) is 48.5 Å². The van der Waals surface area contributed by atoms with Crippen LogP contribution in [-0.4, -0.2) is 11.7 Å². The molecule has 0 fully saturated rings. The molecule has 0 atom stereocenters. The molecular weight excluding hydrogens is 242 g/mol. The zero-order valence-electron chi connectivity index (χ0n) is 10.4. The molecule has 0 bridgehead atoms. The zero-order valence-corrected chi connectivity index (χ0v) is 10.4. The Kier molecular flexibility index (Phi) is 3.61. The molecule has 2 rings (SSSR count). The first-order valence-electron chi connectivity index (χ1n) is 5.75. The second kappa shape index (κ2) is 5.35. The van der Waals surface area contributed by atoms with E-state index in [-0.39, 0.29) is 5.78 Å². The minimum atomic E-state index is -0.490. The van der Waals surface area contributed by atoms with Crippen LogP contribution in [0.5, 0.6) is 11.5 Å². The Bertz CT molecular complexity index is 618. The highest BCUT2D eigenvalue weighted by Gasteiger charge is 2.08. The largest absolute Gasteiger partial charge is 0.457 e. The number of ether oxygens (including phenoxy) is 1. The highest BCUT2D eigenvalue weighted by molar-refractivity contribution is 5.97. The summed E-state index contributed by atoms with van der Waals surface area (Å²) in [6.07, 6.45) is 0. The van der Waals surface area contributed by atoms with Crippen molar-refractivity contribution in [2.24, 2.45) is 5.73 Å². The summed E-state index contributed by atoms with van der Waals surface area (Å²) in [5, 5.41) is 0. The minimum absolute atomic E-state index is 0.0654. The van der Waals surface area contributed by atoms with E-state index < -0.39 is 5.91 Å². The molecule has 4 nitrogen and oxygen atoms in total. The van der Waals surface area contributed by atoms with E-state index in [1.165, 1.54) is 6.92 Å². The molecule has 0 radical (unpaired) electrons. The van der Waals surface area contributed by atoms with Crippen LogP contribution in [0.1, 0.15) is 27.6 Å².